The van der Waals surface area contributed by atoms with Crippen molar-refractivity contribution in [1.29, 1.82) is 0 Å². The minimum atomic E-state index is -0.803. The van der Waals surface area contributed by atoms with Gasteiger partial charge in [0.25, 0.3) is 0 Å². The van der Waals surface area contributed by atoms with Gasteiger partial charge in [-0.3, -0.25) is 4.90 Å². The average Bonchev–Trinajstić information content (AvgIpc) is 3.11. The lowest BCUT2D eigenvalue weighted by Crippen LogP contribution is -2.37. The minimum Gasteiger partial charge on any atom is -0.435 e. The zero-order chi connectivity index (χ0) is 25.4. The van der Waals surface area contributed by atoms with Crippen LogP contribution < -0.4 is 4.74 Å². The zero-order valence-corrected chi connectivity index (χ0v) is 20.5. The molecular formula is C27H33F2N3O3. The highest BCUT2D eigenvalue weighted by Gasteiger charge is 2.24. The molecule has 1 unspecified atom stereocenters. The summed E-state index contributed by atoms with van der Waals surface area (Å²) in [7, 11) is 0. The Kier molecular flexibility index (Phi) is 9.54. The van der Waals surface area contributed by atoms with Gasteiger partial charge in [-0.25, -0.2) is 13.5 Å². The van der Waals surface area contributed by atoms with Crippen molar-refractivity contribution in [1.82, 2.24) is 14.7 Å². The van der Waals surface area contributed by atoms with E-state index in [4.69, 9.17) is 9.47 Å². The fourth-order valence-corrected chi connectivity index (χ4v) is 3.81. The van der Waals surface area contributed by atoms with Gasteiger partial charge >= 0.3 is 0 Å². The molecular weight excluding hydrogens is 452 g/mol. The third-order valence-corrected chi connectivity index (χ3v) is 5.26. The van der Waals surface area contributed by atoms with Gasteiger partial charge in [-0.15, -0.1) is 6.58 Å². The number of para-hydroxylation sites is 1. The predicted octanol–water partition coefficient (Wildman–Crippen LogP) is 5.27. The molecule has 0 bridgehead atoms. The summed E-state index contributed by atoms with van der Waals surface area (Å²) in [6.07, 6.45) is 0.940. The van der Waals surface area contributed by atoms with Crippen molar-refractivity contribution in [3.05, 3.63) is 84.1 Å². The van der Waals surface area contributed by atoms with Gasteiger partial charge in [0.05, 0.1) is 36.3 Å². The summed E-state index contributed by atoms with van der Waals surface area (Å²) in [6.45, 7) is 11.7. The van der Waals surface area contributed by atoms with Crippen LogP contribution in [0.25, 0.3) is 5.69 Å². The van der Waals surface area contributed by atoms with Crippen molar-refractivity contribution < 1.29 is 23.4 Å². The van der Waals surface area contributed by atoms with E-state index in [0.29, 0.717) is 43.7 Å². The molecule has 1 N–H and O–H groups in total. The molecule has 0 amide bonds. The number of aliphatic hydroxyl groups excluding tert-OH is 1. The van der Waals surface area contributed by atoms with Crippen LogP contribution in [0.4, 0.5) is 8.78 Å². The van der Waals surface area contributed by atoms with Crippen LogP contribution in [0.5, 0.6) is 11.6 Å². The topological polar surface area (TPSA) is 59.8 Å². The van der Waals surface area contributed by atoms with E-state index in [0.717, 1.165) is 23.4 Å². The summed E-state index contributed by atoms with van der Waals surface area (Å²) in [6, 6.07) is 12.6. The second-order valence-corrected chi connectivity index (χ2v) is 8.86. The number of hydrogen-bond donors (Lipinski definition) is 1. The van der Waals surface area contributed by atoms with E-state index in [9.17, 15) is 13.9 Å². The van der Waals surface area contributed by atoms with Crippen LogP contribution in [0, 0.1) is 24.5 Å². The number of aliphatic hydroxyl groups is 1. The number of ether oxygens (including phenoxy) is 2. The van der Waals surface area contributed by atoms with Crippen LogP contribution >= 0.6 is 0 Å². The van der Waals surface area contributed by atoms with E-state index in [1.54, 1.807) is 10.8 Å². The van der Waals surface area contributed by atoms with Crippen molar-refractivity contribution in [2.75, 3.05) is 26.3 Å². The minimum absolute atomic E-state index is 0.0991. The van der Waals surface area contributed by atoms with Crippen molar-refractivity contribution in [2.24, 2.45) is 5.92 Å². The molecule has 0 aliphatic rings. The molecule has 0 aliphatic carbocycles. The molecule has 1 aromatic heterocycles. The molecule has 0 radical (unpaired) electrons. The zero-order valence-electron chi connectivity index (χ0n) is 20.5. The second kappa shape index (κ2) is 12.6. The number of benzene rings is 2. The normalized spacial score (nSPS) is 12.3. The Morgan fingerprint density at radius 2 is 1.89 bits per heavy atom. The molecule has 8 heteroatoms. The van der Waals surface area contributed by atoms with Gasteiger partial charge in [-0.05, 0) is 37.1 Å². The molecule has 35 heavy (non-hydrogen) atoms. The van der Waals surface area contributed by atoms with E-state index in [1.807, 2.05) is 37.3 Å². The molecule has 188 valence electrons. The van der Waals surface area contributed by atoms with Crippen LogP contribution in [0.2, 0.25) is 0 Å². The third-order valence-electron chi connectivity index (χ3n) is 5.26. The molecule has 0 spiro atoms. The van der Waals surface area contributed by atoms with Crippen LogP contribution in [0.1, 0.15) is 25.1 Å². The van der Waals surface area contributed by atoms with Crippen molar-refractivity contribution in [2.45, 2.75) is 33.4 Å². The SMILES string of the molecule is C=CCOCC(O)CN(Cc1c(C)nn(-c2ccccc2)c1Oc1ccc(F)cc1F)CC(C)C. The Morgan fingerprint density at radius 1 is 1.14 bits per heavy atom. The highest BCUT2D eigenvalue weighted by molar-refractivity contribution is 5.43. The lowest BCUT2D eigenvalue weighted by Gasteiger charge is -2.27. The monoisotopic (exact) mass is 485 g/mol. The summed E-state index contributed by atoms with van der Waals surface area (Å²) >= 11 is 0. The molecule has 3 rings (SSSR count). The van der Waals surface area contributed by atoms with E-state index >= 15 is 0 Å². The molecule has 1 heterocycles. The second-order valence-electron chi connectivity index (χ2n) is 8.86. The maximum Gasteiger partial charge on any atom is 0.227 e. The predicted molar refractivity (Wildman–Crippen MR) is 132 cm³/mol. The highest BCUT2D eigenvalue weighted by Crippen LogP contribution is 2.33. The summed E-state index contributed by atoms with van der Waals surface area (Å²) < 4.78 is 41.0. The molecule has 0 aliphatic heterocycles. The highest BCUT2D eigenvalue weighted by atomic mass is 19.1. The summed E-state index contributed by atoms with van der Waals surface area (Å²) in [5.41, 5.74) is 2.20. The summed E-state index contributed by atoms with van der Waals surface area (Å²) in [4.78, 5) is 2.10. The Labute approximate surface area is 205 Å². The first-order valence-corrected chi connectivity index (χ1v) is 11.6. The quantitative estimate of drug-likeness (QED) is 0.264. The molecule has 6 nitrogen and oxygen atoms in total. The number of nitrogens with zero attached hydrogens (tertiary/aromatic N) is 3. The molecule has 0 saturated heterocycles. The smallest absolute Gasteiger partial charge is 0.227 e. The van der Waals surface area contributed by atoms with Gasteiger partial charge in [0.15, 0.2) is 11.6 Å². The van der Waals surface area contributed by atoms with Gasteiger partial charge in [-0.1, -0.05) is 38.1 Å². The first kappa shape index (κ1) is 26.5. The van der Waals surface area contributed by atoms with Gasteiger partial charge in [-0.2, -0.15) is 5.10 Å². The molecule has 1 atom stereocenters. The van der Waals surface area contributed by atoms with Gasteiger partial charge in [0, 0.05) is 25.7 Å². The summed E-state index contributed by atoms with van der Waals surface area (Å²) in [5.74, 6) is -0.912. The summed E-state index contributed by atoms with van der Waals surface area (Å²) in [5, 5.41) is 15.2. The van der Waals surface area contributed by atoms with Gasteiger partial charge in [0.1, 0.15) is 5.82 Å². The molecule has 0 saturated carbocycles. The molecule has 2 aromatic carbocycles. The van der Waals surface area contributed by atoms with E-state index < -0.39 is 17.7 Å². The maximum absolute atomic E-state index is 14.5. The Hall–Kier alpha value is -3.07. The first-order valence-electron chi connectivity index (χ1n) is 11.6. The Bertz CT molecular complexity index is 1100. The van der Waals surface area contributed by atoms with Gasteiger partial charge < -0.3 is 14.6 Å². The maximum atomic E-state index is 14.5. The molecule has 3 aromatic rings. The standard InChI is InChI=1S/C27H33F2N3O3/c1-5-13-34-18-23(33)16-31(15-19(2)3)17-24-20(4)30-32(22-9-7-6-8-10-22)27(24)35-26-12-11-21(28)14-25(26)29/h5-12,14,19,23,33H,1,13,15-18H2,2-4H3. The third kappa shape index (κ3) is 7.45. The lowest BCUT2D eigenvalue weighted by molar-refractivity contribution is 0.0222. The van der Waals surface area contributed by atoms with E-state index in [-0.39, 0.29) is 12.4 Å². The fourth-order valence-electron chi connectivity index (χ4n) is 3.81. The number of halogens is 2. The number of rotatable bonds is 13. The largest absolute Gasteiger partial charge is 0.435 e. The van der Waals surface area contributed by atoms with Crippen molar-refractivity contribution in [3.8, 4) is 17.3 Å². The number of hydrogen-bond acceptors (Lipinski definition) is 5. The van der Waals surface area contributed by atoms with Crippen molar-refractivity contribution >= 4 is 0 Å². The van der Waals surface area contributed by atoms with Crippen LogP contribution in [-0.4, -0.2) is 52.2 Å². The van der Waals surface area contributed by atoms with Crippen LogP contribution in [0.15, 0.2) is 61.2 Å². The van der Waals surface area contributed by atoms with E-state index in [1.165, 1.54) is 6.07 Å². The van der Waals surface area contributed by atoms with Crippen molar-refractivity contribution in [3.63, 3.8) is 0 Å². The van der Waals surface area contributed by atoms with Crippen LogP contribution in [-0.2, 0) is 11.3 Å². The fraction of sp³-hybridized carbons (Fsp3) is 0.370. The molecule has 0 fully saturated rings. The van der Waals surface area contributed by atoms with E-state index in [2.05, 4.69) is 30.4 Å². The first-order chi connectivity index (χ1) is 16.8. The Morgan fingerprint density at radius 3 is 2.54 bits per heavy atom. The average molecular weight is 486 g/mol. The van der Waals surface area contributed by atoms with Gasteiger partial charge in [0.2, 0.25) is 5.88 Å². The number of aromatic nitrogens is 2. The lowest BCUT2D eigenvalue weighted by atomic mass is 10.1. The number of aryl methyl sites for hydroxylation is 1. The Balaban J connectivity index is 1.96. The van der Waals surface area contributed by atoms with Crippen LogP contribution in [0.3, 0.4) is 0 Å².